The molecule has 0 radical (unpaired) electrons. The summed E-state index contributed by atoms with van der Waals surface area (Å²) in [5.74, 6) is -0.805. The zero-order valence-corrected chi connectivity index (χ0v) is 9.01. The van der Waals surface area contributed by atoms with Gasteiger partial charge in [0, 0.05) is 5.57 Å². The minimum absolute atomic E-state index is 0.00811. The molecule has 0 aromatic carbocycles. The van der Waals surface area contributed by atoms with Crippen LogP contribution >= 0.6 is 7.60 Å². The minimum Gasteiger partial charge on any atom is -0.388 e. The lowest BCUT2D eigenvalue weighted by atomic mass is 10.3. The van der Waals surface area contributed by atoms with Gasteiger partial charge in [0.25, 0.3) is 0 Å². The van der Waals surface area contributed by atoms with Gasteiger partial charge in [-0.05, 0) is 12.8 Å². The molecule has 0 saturated heterocycles. The molecule has 0 heterocycles. The summed E-state index contributed by atoms with van der Waals surface area (Å²) < 4.78 is 15.6. The first-order valence-electron chi connectivity index (χ1n) is 3.96. The predicted molar refractivity (Wildman–Crippen MR) is 50.4 cm³/mol. The van der Waals surface area contributed by atoms with Crippen LogP contribution < -0.4 is 0 Å². The third kappa shape index (κ3) is 5.61. The summed E-state index contributed by atoms with van der Waals surface area (Å²) in [4.78, 5) is 20.1. The van der Waals surface area contributed by atoms with Gasteiger partial charge in [-0.15, -0.1) is 0 Å². The van der Waals surface area contributed by atoms with Crippen molar-refractivity contribution in [2.75, 3.05) is 6.16 Å². The fourth-order valence-corrected chi connectivity index (χ4v) is 2.12. The Hall–Kier alpha value is -0.600. The average Bonchev–Trinajstić information content (AvgIpc) is 1.81. The monoisotopic (exact) mass is 206 g/mol. The van der Waals surface area contributed by atoms with Crippen LogP contribution in [0.5, 0.6) is 0 Å². The molecule has 4 nitrogen and oxygen atoms in total. The van der Waals surface area contributed by atoms with Crippen molar-refractivity contribution in [1.82, 2.24) is 0 Å². The Morgan fingerprint density at radius 1 is 1.62 bits per heavy atom. The van der Waals surface area contributed by atoms with E-state index in [0.29, 0.717) is 0 Å². The molecule has 1 N–H and O–H groups in total. The third-order valence-electron chi connectivity index (χ3n) is 1.17. The van der Waals surface area contributed by atoms with Crippen molar-refractivity contribution in [2.45, 2.75) is 20.8 Å². The quantitative estimate of drug-likeness (QED) is 0.564. The summed E-state index contributed by atoms with van der Waals surface area (Å²) >= 11 is 0. The molecular formula is C8H15O4P. The van der Waals surface area contributed by atoms with Gasteiger partial charge >= 0.3 is 13.6 Å². The van der Waals surface area contributed by atoms with Crippen molar-refractivity contribution in [2.24, 2.45) is 5.92 Å². The molecule has 0 aromatic rings. The fraction of sp³-hybridized carbons (Fsp3) is 0.625. The van der Waals surface area contributed by atoms with Crippen LogP contribution in [0.4, 0.5) is 0 Å². The highest BCUT2D eigenvalue weighted by molar-refractivity contribution is 7.53. The maximum Gasteiger partial charge on any atom is 0.379 e. The molecule has 0 saturated carbocycles. The van der Waals surface area contributed by atoms with Crippen LogP contribution in [0.25, 0.3) is 0 Å². The summed E-state index contributed by atoms with van der Waals surface area (Å²) in [6.45, 7) is 8.29. The lowest BCUT2D eigenvalue weighted by Crippen LogP contribution is -2.07. The van der Waals surface area contributed by atoms with Gasteiger partial charge in [0.2, 0.25) is 0 Å². The van der Waals surface area contributed by atoms with E-state index >= 15 is 0 Å². The van der Waals surface area contributed by atoms with Gasteiger partial charge in [-0.25, -0.2) is 9.36 Å². The number of rotatable bonds is 4. The fourth-order valence-electron chi connectivity index (χ4n) is 0.706. The maximum absolute atomic E-state index is 11.2. The molecule has 1 atom stereocenters. The summed E-state index contributed by atoms with van der Waals surface area (Å²) in [7, 11) is -3.77. The largest absolute Gasteiger partial charge is 0.388 e. The van der Waals surface area contributed by atoms with Crippen LogP contribution in [0.2, 0.25) is 0 Å². The third-order valence-corrected chi connectivity index (χ3v) is 2.81. The van der Waals surface area contributed by atoms with Crippen molar-refractivity contribution in [3.05, 3.63) is 12.2 Å². The van der Waals surface area contributed by atoms with E-state index in [-0.39, 0.29) is 17.7 Å². The van der Waals surface area contributed by atoms with Crippen molar-refractivity contribution in [3.8, 4) is 0 Å². The van der Waals surface area contributed by atoms with E-state index in [4.69, 9.17) is 0 Å². The van der Waals surface area contributed by atoms with E-state index in [9.17, 15) is 14.3 Å². The molecule has 0 aliphatic rings. The second kappa shape index (κ2) is 4.58. The van der Waals surface area contributed by atoms with Gasteiger partial charge in [0.15, 0.2) is 0 Å². The molecule has 5 heteroatoms. The highest BCUT2D eigenvalue weighted by atomic mass is 31.2. The Morgan fingerprint density at radius 3 is 2.38 bits per heavy atom. The van der Waals surface area contributed by atoms with Crippen molar-refractivity contribution in [1.29, 1.82) is 0 Å². The van der Waals surface area contributed by atoms with Crippen LogP contribution in [0, 0.1) is 5.92 Å². The van der Waals surface area contributed by atoms with Gasteiger partial charge in [0.05, 0.1) is 6.16 Å². The van der Waals surface area contributed by atoms with E-state index in [2.05, 4.69) is 11.1 Å². The number of carbonyl (C=O) groups excluding carboxylic acids is 1. The SMILES string of the molecule is C=C(C)C(=O)OP(=O)(O)CC(C)C. The van der Waals surface area contributed by atoms with Crippen molar-refractivity contribution >= 4 is 13.6 Å². The Balaban J connectivity index is 4.26. The van der Waals surface area contributed by atoms with Gasteiger partial charge in [-0.3, -0.25) is 0 Å². The summed E-state index contributed by atoms with van der Waals surface area (Å²) in [5.41, 5.74) is 0.123. The van der Waals surface area contributed by atoms with Crippen LogP contribution in [0.3, 0.4) is 0 Å². The normalized spacial score (nSPS) is 15.2. The van der Waals surface area contributed by atoms with E-state index in [1.807, 2.05) is 0 Å². The van der Waals surface area contributed by atoms with Gasteiger partial charge < -0.3 is 9.42 Å². The average molecular weight is 206 g/mol. The second-order valence-corrected chi connectivity index (χ2v) is 5.20. The topological polar surface area (TPSA) is 63.6 Å². The second-order valence-electron chi connectivity index (χ2n) is 3.37. The molecule has 1 unspecified atom stereocenters. The summed E-state index contributed by atoms with van der Waals surface area (Å²) in [6.07, 6.45) is -0.0218. The lowest BCUT2D eigenvalue weighted by Gasteiger charge is -2.13. The van der Waals surface area contributed by atoms with Crippen LogP contribution in [-0.4, -0.2) is 17.0 Å². The number of hydrogen-bond donors (Lipinski definition) is 1. The van der Waals surface area contributed by atoms with Crippen LogP contribution in [-0.2, 0) is 13.9 Å². The predicted octanol–water partition coefficient (Wildman–Crippen LogP) is 1.95. The molecular weight excluding hydrogens is 191 g/mol. The zero-order chi connectivity index (χ0) is 10.6. The molecule has 0 fully saturated rings. The number of carbonyl (C=O) groups is 1. The van der Waals surface area contributed by atoms with Crippen molar-refractivity contribution < 1.29 is 18.8 Å². The highest BCUT2D eigenvalue weighted by Crippen LogP contribution is 2.44. The van der Waals surface area contributed by atoms with Gasteiger partial charge in [-0.2, -0.15) is 0 Å². The standard InChI is InChI=1S/C8H15O4P/c1-6(2)5-13(10,11)12-8(9)7(3)4/h6H,3,5H2,1-2,4H3,(H,10,11). The Labute approximate surface area is 78.1 Å². The molecule has 13 heavy (non-hydrogen) atoms. The van der Waals surface area contributed by atoms with E-state index in [1.165, 1.54) is 6.92 Å². The first-order chi connectivity index (χ1) is 5.74. The first-order valence-corrected chi connectivity index (χ1v) is 5.72. The molecule has 0 spiro atoms. The van der Waals surface area contributed by atoms with Crippen LogP contribution in [0.1, 0.15) is 20.8 Å². The van der Waals surface area contributed by atoms with E-state index in [1.54, 1.807) is 13.8 Å². The molecule has 0 aromatic heterocycles. The van der Waals surface area contributed by atoms with E-state index in [0.717, 1.165) is 0 Å². The minimum atomic E-state index is -3.77. The molecule has 0 amide bonds. The maximum atomic E-state index is 11.2. The van der Waals surface area contributed by atoms with Gasteiger partial charge in [0.1, 0.15) is 0 Å². The van der Waals surface area contributed by atoms with Crippen LogP contribution in [0.15, 0.2) is 12.2 Å². The Bertz CT molecular complexity index is 257. The van der Waals surface area contributed by atoms with Gasteiger partial charge in [-0.1, -0.05) is 20.4 Å². The molecule has 0 bridgehead atoms. The lowest BCUT2D eigenvalue weighted by molar-refractivity contribution is -0.130. The zero-order valence-electron chi connectivity index (χ0n) is 8.11. The summed E-state index contributed by atoms with van der Waals surface area (Å²) in [5, 5.41) is 0. The Kier molecular flexibility index (Phi) is 4.37. The molecule has 0 rings (SSSR count). The van der Waals surface area contributed by atoms with E-state index < -0.39 is 13.6 Å². The first kappa shape index (κ1) is 12.4. The Morgan fingerprint density at radius 2 is 2.08 bits per heavy atom. The summed E-state index contributed by atoms with van der Waals surface area (Å²) in [6, 6.07) is 0. The number of hydrogen-bond acceptors (Lipinski definition) is 3. The molecule has 76 valence electrons. The smallest absolute Gasteiger partial charge is 0.379 e. The molecule has 0 aliphatic heterocycles. The van der Waals surface area contributed by atoms with Crippen molar-refractivity contribution in [3.63, 3.8) is 0 Å². The molecule has 0 aliphatic carbocycles. The highest BCUT2D eigenvalue weighted by Gasteiger charge is 2.25.